The molecule has 4 nitrogen and oxygen atoms in total. The fraction of sp³-hybridized carbons (Fsp3) is 0.571. The molecule has 0 atom stereocenters. The number of nitrogens with zero attached hydrogens (tertiary/aromatic N) is 1. The summed E-state index contributed by atoms with van der Waals surface area (Å²) in [5.41, 5.74) is 1.57. The van der Waals surface area contributed by atoms with Gasteiger partial charge in [-0.1, -0.05) is 95.2 Å². The summed E-state index contributed by atoms with van der Waals surface area (Å²) in [5, 5.41) is 3.53. The second kappa shape index (κ2) is 16.5. The van der Waals surface area contributed by atoms with Gasteiger partial charge in [-0.3, -0.25) is 4.79 Å². The number of amides is 1. The number of hydrogen-bond donors (Lipinski definition) is 1. The second-order valence-corrected chi connectivity index (χ2v) is 9.29. The molecule has 0 aliphatic rings. The second-order valence-electron chi connectivity index (χ2n) is 8.88. The first-order valence-electron chi connectivity index (χ1n) is 12.8. The third-order valence-corrected chi connectivity index (χ3v) is 6.29. The standard InChI is InChI=1S/C28H41ClN2O2/c1-3-4-5-6-7-8-9-10-11-12-13-16-21-33-27-19-18-24(22-25(27)29)23-30-28(32)26-17-14-15-20-31(26)2/h14-15,17-20,22H,3-13,16,21,23H2,1-2H3/p+1. The molecule has 0 spiro atoms. The molecule has 1 heterocycles. The van der Waals surface area contributed by atoms with Crippen molar-refractivity contribution in [1.29, 1.82) is 0 Å². The summed E-state index contributed by atoms with van der Waals surface area (Å²) in [5.74, 6) is 0.603. The Labute approximate surface area is 205 Å². The zero-order chi connectivity index (χ0) is 23.7. The Hall–Kier alpha value is -2.07. The van der Waals surface area contributed by atoms with E-state index in [2.05, 4.69) is 12.2 Å². The van der Waals surface area contributed by atoms with Gasteiger partial charge in [0.05, 0.1) is 11.6 Å². The van der Waals surface area contributed by atoms with Crippen LogP contribution in [0.2, 0.25) is 5.02 Å². The number of ether oxygens (including phenoxy) is 1. The van der Waals surface area contributed by atoms with Gasteiger partial charge in [0.25, 0.3) is 5.69 Å². The Kier molecular flexibility index (Phi) is 13.6. The van der Waals surface area contributed by atoms with Crippen molar-refractivity contribution in [2.45, 2.75) is 90.5 Å². The van der Waals surface area contributed by atoms with E-state index in [-0.39, 0.29) is 5.91 Å². The van der Waals surface area contributed by atoms with Crippen LogP contribution in [0, 0.1) is 0 Å². The SMILES string of the molecule is CCCCCCCCCCCCCCOc1ccc(CNC(=O)c2cccc[n+]2C)cc1Cl. The Morgan fingerprint density at radius 2 is 1.55 bits per heavy atom. The lowest BCUT2D eigenvalue weighted by molar-refractivity contribution is -0.673. The molecule has 1 aromatic heterocycles. The first-order valence-corrected chi connectivity index (χ1v) is 13.1. The van der Waals surface area contributed by atoms with E-state index in [0.717, 1.165) is 12.0 Å². The van der Waals surface area contributed by atoms with Crippen LogP contribution in [0.3, 0.4) is 0 Å². The van der Waals surface area contributed by atoms with Gasteiger partial charge >= 0.3 is 5.91 Å². The van der Waals surface area contributed by atoms with Gasteiger partial charge < -0.3 is 10.1 Å². The van der Waals surface area contributed by atoms with Crippen LogP contribution < -0.4 is 14.6 Å². The van der Waals surface area contributed by atoms with E-state index in [1.165, 1.54) is 70.6 Å². The zero-order valence-electron chi connectivity index (χ0n) is 20.6. The van der Waals surface area contributed by atoms with Crippen molar-refractivity contribution in [1.82, 2.24) is 5.32 Å². The highest BCUT2D eigenvalue weighted by Crippen LogP contribution is 2.26. The molecule has 1 aromatic carbocycles. The van der Waals surface area contributed by atoms with Crippen molar-refractivity contribution in [3.8, 4) is 5.75 Å². The van der Waals surface area contributed by atoms with E-state index < -0.39 is 0 Å². The molecule has 1 amide bonds. The largest absolute Gasteiger partial charge is 0.492 e. The molecule has 2 rings (SSSR count). The lowest BCUT2D eigenvalue weighted by Crippen LogP contribution is -2.40. The molecule has 2 aromatic rings. The van der Waals surface area contributed by atoms with E-state index in [1.807, 2.05) is 43.6 Å². The Morgan fingerprint density at radius 3 is 2.15 bits per heavy atom. The van der Waals surface area contributed by atoms with Gasteiger partial charge in [0.1, 0.15) is 12.8 Å². The van der Waals surface area contributed by atoms with Crippen molar-refractivity contribution in [3.05, 3.63) is 58.9 Å². The predicted octanol–water partition coefficient (Wildman–Crippen LogP) is 7.17. The molecule has 182 valence electrons. The van der Waals surface area contributed by atoms with Gasteiger partial charge in [-0.2, -0.15) is 4.57 Å². The summed E-state index contributed by atoms with van der Waals surface area (Å²) < 4.78 is 7.67. The number of aromatic nitrogens is 1. The lowest BCUT2D eigenvalue weighted by Gasteiger charge is -2.10. The summed E-state index contributed by atoms with van der Waals surface area (Å²) in [6.45, 7) is 3.39. The van der Waals surface area contributed by atoms with Crippen molar-refractivity contribution in [3.63, 3.8) is 0 Å². The Balaban J connectivity index is 1.55. The third kappa shape index (κ3) is 11.1. The highest BCUT2D eigenvalue weighted by molar-refractivity contribution is 6.32. The minimum absolute atomic E-state index is 0.110. The van der Waals surface area contributed by atoms with Gasteiger partial charge in [-0.25, -0.2) is 0 Å². The Morgan fingerprint density at radius 1 is 0.909 bits per heavy atom. The number of aryl methyl sites for hydroxylation is 1. The van der Waals surface area contributed by atoms with Crippen molar-refractivity contribution in [2.24, 2.45) is 7.05 Å². The average molecular weight is 474 g/mol. The quantitative estimate of drug-likeness (QED) is 0.195. The first kappa shape index (κ1) is 27.2. The van der Waals surface area contributed by atoms with Gasteiger partial charge in [0.2, 0.25) is 0 Å². The van der Waals surface area contributed by atoms with Crippen molar-refractivity contribution in [2.75, 3.05) is 6.61 Å². The fourth-order valence-electron chi connectivity index (χ4n) is 3.93. The minimum atomic E-state index is -0.110. The number of pyridine rings is 1. The highest BCUT2D eigenvalue weighted by Gasteiger charge is 2.15. The van der Waals surface area contributed by atoms with Crippen LogP contribution in [-0.4, -0.2) is 12.5 Å². The number of benzene rings is 1. The van der Waals surface area contributed by atoms with Crippen molar-refractivity contribution >= 4 is 17.5 Å². The topological polar surface area (TPSA) is 42.2 Å². The molecule has 0 saturated heterocycles. The maximum Gasteiger partial charge on any atom is 0.316 e. The van der Waals surface area contributed by atoms with Crippen LogP contribution >= 0.6 is 11.6 Å². The van der Waals surface area contributed by atoms with E-state index in [0.29, 0.717) is 29.6 Å². The Bertz CT molecular complexity index is 825. The predicted molar refractivity (Wildman–Crippen MR) is 137 cm³/mol. The number of rotatable bonds is 17. The maximum absolute atomic E-state index is 12.4. The monoisotopic (exact) mass is 473 g/mol. The van der Waals surface area contributed by atoms with Crippen LogP contribution in [0.4, 0.5) is 0 Å². The van der Waals surface area contributed by atoms with Crippen LogP contribution in [0.5, 0.6) is 5.75 Å². The molecule has 0 bridgehead atoms. The molecular formula is C28H42ClN2O2+. The molecule has 0 radical (unpaired) electrons. The summed E-state index contributed by atoms with van der Waals surface area (Å²) >= 11 is 6.40. The van der Waals surface area contributed by atoms with Crippen LogP contribution in [0.25, 0.3) is 0 Å². The van der Waals surface area contributed by atoms with E-state index in [1.54, 1.807) is 10.6 Å². The van der Waals surface area contributed by atoms with E-state index in [4.69, 9.17) is 16.3 Å². The van der Waals surface area contributed by atoms with Gasteiger partial charge in [-0.15, -0.1) is 0 Å². The average Bonchev–Trinajstić information content (AvgIpc) is 2.82. The number of hydrogen-bond acceptors (Lipinski definition) is 2. The van der Waals surface area contributed by atoms with Gasteiger partial charge in [0.15, 0.2) is 6.20 Å². The lowest BCUT2D eigenvalue weighted by atomic mass is 10.1. The van der Waals surface area contributed by atoms with Crippen LogP contribution in [0.15, 0.2) is 42.6 Å². The van der Waals surface area contributed by atoms with Gasteiger partial charge in [0, 0.05) is 18.7 Å². The molecule has 0 saturated carbocycles. The number of carbonyl (C=O) groups excluding carboxylic acids is 1. The number of carbonyl (C=O) groups is 1. The first-order chi connectivity index (χ1) is 16.1. The summed E-state index contributed by atoms with van der Waals surface area (Å²) in [7, 11) is 1.86. The smallest absolute Gasteiger partial charge is 0.316 e. The number of nitrogens with one attached hydrogen (secondary N) is 1. The molecular weight excluding hydrogens is 432 g/mol. The summed E-state index contributed by atoms with van der Waals surface area (Å²) in [4.78, 5) is 12.4. The number of halogens is 1. The summed E-state index contributed by atoms with van der Waals surface area (Å²) in [6, 6.07) is 11.3. The van der Waals surface area contributed by atoms with Crippen LogP contribution in [-0.2, 0) is 13.6 Å². The van der Waals surface area contributed by atoms with E-state index in [9.17, 15) is 4.79 Å². The molecule has 33 heavy (non-hydrogen) atoms. The fourth-order valence-corrected chi connectivity index (χ4v) is 4.19. The molecule has 0 unspecified atom stereocenters. The molecule has 0 fully saturated rings. The van der Waals surface area contributed by atoms with Crippen LogP contribution in [0.1, 0.15) is 100 Å². The summed E-state index contributed by atoms with van der Waals surface area (Å²) in [6.07, 6.45) is 17.8. The van der Waals surface area contributed by atoms with E-state index >= 15 is 0 Å². The molecule has 0 aliphatic carbocycles. The minimum Gasteiger partial charge on any atom is -0.492 e. The molecule has 1 N–H and O–H groups in total. The normalized spacial score (nSPS) is 10.9. The highest BCUT2D eigenvalue weighted by atomic mass is 35.5. The van der Waals surface area contributed by atoms with Crippen molar-refractivity contribution < 1.29 is 14.1 Å². The molecule has 0 aliphatic heterocycles. The molecule has 5 heteroatoms. The maximum atomic E-state index is 12.4. The van der Waals surface area contributed by atoms with Gasteiger partial charge in [-0.05, 0) is 30.2 Å². The zero-order valence-corrected chi connectivity index (χ0v) is 21.3. The third-order valence-electron chi connectivity index (χ3n) is 5.99. The number of unbranched alkanes of at least 4 members (excludes halogenated alkanes) is 11.